The molecule has 0 atom stereocenters. The van der Waals surface area contributed by atoms with E-state index < -0.39 is 15.7 Å². The number of furan rings is 1. The van der Waals surface area contributed by atoms with Crippen molar-refractivity contribution >= 4 is 27.2 Å². The molecule has 0 unspecified atom stereocenters. The molecule has 0 aliphatic heterocycles. The van der Waals surface area contributed by atoms with Gasteiger partial charge >= 0.3 is 0 Å². The Balaban J connectivity index is 1.65. The number of pyridine rings is 1. The largest absolute Gasteiger partial charge is 0.439 e. The van der Waals surface area contributed by atoms with E-state index in [4.69, 9.17) is 4.42 Å². The van der Waals surface area contributed by atoms with E-state index in [-0.39, 0.29) is 22.3 Å². The van der Waals surface area contributed by atoms with Crippen molar-refractivity contribution in [2.24, 2.45) is 0 Å². The number of anilines is 2. The van der Waals surface area contributed by atoms with Crippen LogP contribution in [-0.2, 0) is 16.4 Å². The lowest BCUT2D eigenvalue weighted by Gasteiger charge is -2.21. The van der Waals surface area contributed by atoms with Gasteiger partial charge < -0.3 is 9.32 Å². The Labute approximate surface area is 192 Å². The summed E-state index contributed by atoms with van der Waals surface area (Å²) < 4.78 is 31.2. The van der Waals surface area contributed by atoms with E-state index in [1.807, 2.05) is 43.3 Å². The Morgan fingerprint density at radius 3 is 2.21 bits per heavy atom. The molecule has 33 heavy (non-hydrogen) atoms. The van der Waals surface area contributed by atoms with Crippen LogP contribution in [0.25, 0.3) is 0 Å². The van der Waals surface area contributed by atoms with E-state index >= 15 is 0 Å². The standard InChI is InChI=1S/C25H23N3O4S/c1-27(2)20-13-11-19(12-14-20)18-28(23-10-6-7-17-26-23)25(29)22-15-16-24(32-22)33(30,31)21-8-4-3-5-9-21/h3-17H,18H2,1-2H3. The van der Waals surface area contributed by atoms with E-state index in [1.165, 1.54) is 29.2 Å². The highest BCUT2D eigenvalue weighted by Gasteiger charge is 2.27. The molecule has 8 heteroatoms. The zero-order chi connectivity index (χ0) is 23.4. The molecule has 4 aromatic rings. The van der Waals surface area contributed by atoms with Crippen LogP contribution in [0.15, 0.2) is 106 Å². The van der Waals surface area contributed by atoms with Gasteiger partial charge in [0.2, 0.25) is 14.9 Å². The second kappa shape index (κ2) is 9.30. The number of carbonyl (C=O) groups is 1. The molecule has 2 heterocycles. The number of aromatic nitrogens is 1. The van der Waals surface area contributed by atoms with Gasteiger partial charge in [0.25, 0.3) is 5.91 Å². The molecule has 1 amide bonds. The Morgan fingerprint density at radius 2 is 1.58 bits per heavy atom. The molecule has 7 nitrogen and oxygen atoms in total. The molecule has 0 saturated carbocycles. The van der Waals surface area contributed by atoms with Crippen molar-refractivity contribution < 1.29 is 17.6 Å². The van der Waals surface area contributed by atoms with E-state index in [9.17, 15) is 13.2 Å². The van der Waals surface area contributed by atoms with Crippen molar-refractivity contribution in [3.05, 3.63) is 102 Å². The van der Waals surface area contributed by atoms with Gasteiger partial charge in [-0.15, -0.1) is 0 Å². The zero-order valence-corrected chi connectivity index (χ0v) is 19.1. The quantitative estimate of drug-likeness (QED) is 0.405. The molecule has 0 radical (unpaired) electrons. The predicted molar refractivity (Wildman–Crippen MR) is 126 cm³/mol. The summed E-state index contributed by atoms with van der Waals surface area (Å²) in [5.74, 6) is -0.136. The maximum absolute atomic E-state index is 13.4. The molecule has 0 aliphatic rings. The topological polar surface area (TPSA) is 83.7 Å². The molecular formula is C25H23N3O4S. The summed E-state index contributed by atoms with van der Waals surface area (Å²) in [6.45, 7) is 0.241. The van der Waals surface area contributed by atoms with Crippen LogP contribution in [0.4, 0.5) is 11.5 Å². The van der Waals surface area contributed by atoms with Gasteiger partial charge in [-0.3, -0.25) is 9.69 Å². The number of nitrogens with zero attached hydrogens (tertiary/aromatic N) is 3. The third-order valence-electron chi connectivity index (χ3n) is 5.07. The van der Waals surface area contributed by atoms with E-state index in [1.54, 1.807) is 42.6 Å². The predicted octanol–water partition coefficient (Wildman–Crippen LogP) is 4.42. The molecule has 0 fully saturated rings. The highest BCUT2D eigenvalue weighted by Crippen LogP contribution is 2.25. The summed E-state index contributed by atoms with van der Waals surface area (Å²) in [6.07, 6.45) is 1.60. The summed E-state index contributed by atoms with van der Waals surface area (Å²) in [5.41, 5.74) is 1.93. The second-order valence-electron chi connectivity index (χ2n) is 7.58. The molecule has 0 aliphatic carbocycles. The lowest BCUT2D eigenvalue weighted by atomic mass is 10.1. The first-order chi connectivity index (χ1) is 15.9. The third kappa shape index (κ3) is 4.80. The number of benzene rings is 2. The van der Waals surface area contributed by atoms with Gasteiger partial charge in [0.1, 0.15) is 5.82 Å². The highest BCUT2D eigenvalue weighted by atomic mass is 32.2. The highest BCUT2D eigenvalue weighted by molar-refractivity contribution is 7.91. The van der Waals surface area contributed by atoms with Crippen LogP contribution < -0.4 is 9.80 Å². The van der Waals surface area contributed by atoms with Crippen LogP contribution in [0.1, 0.15) is 16.1 Å². The Kier molecular flexibility index (Phi) is 6.28. The minimum absolute atomic E-state index is 0.0833. The van der Waals surface area contributed by atoms with E-state index in [0.717, 1.165) is 11.3 Å². The van der Waals surface area contributed by atoms with E-state index in [0.29, 0.717) is 5.82 Å². The first-order valence-corrected chi connectivity index (χ1v) is 11.7. The number of rotatable bonds is 7. The molecule has 4 rings (SSSR count). The average Bonchev–Trinajstić information content (AvgIpc) is 3.35. The van der Waals surface area contributed by atoms with Crippen molar-refractivity contribution in [2.45, 2.75) is 16.5 Å². The lowest BCUT2D eigenvalue weighted by Crippen LogP contribution is -2.30. The van der Waals surface area contributed by atoms with Crippen molar-refractivity contribution in [2.75, 3.05) is 23.9 Å². The van der Waals surface area contributed by atoms with Gasteiger partial charge in [0.15, 0.2) is 5.76 Å². The van der Waals surface area contributed by atoms with Gasteiger partial charge in [-0.2, -0.15) is 0 Å². The summed E-state index contributed by atoms with van der Waals surface area (Å²) >= 11 is 0. The molecule has 0 saturated heterocycles. The summed E-state index contributed by atoms with van der Waals surface area (Å²) in [4.78, 5) is 21.2. The molecule has 168 valence electrons. The van der Waals surface area contributed by atoms with Crippen molar-refractivity contribution in [3.8, 4) is 0 Å². The lowest BCUT2D eigenvalue weighted by molar-refractivity contribution is 0.0952. The first-order valence-electron chi connectivity index (χ1n) is 10.3. The van der Waals surface area contributed by atoms with Gasteiger partial charge in [0, 0.05) is 26.0 Å². The minimum atomic E-state index is -3.87. The summed E-state index contributed by atoms with van der Waals surface area (Å²) in [6, 6.07) is 23.7. The van der Waals surface area contributed by atoms with E-state index in [2.05, 4.69) is 4.98 Å². The molecule has 2 aromatic carbocycles. The molecule has 2 aromatic heterocycles. The summed E-state index contributed by atoms with van der Waals surface area (Å²) in [5, 5.41) is -0.284. The minimum Gasteiger partial charge on any atom is -0.439 e. The fourth-order valence-corrected chi connectivity index (χ4v) is 4.48. The van der Waals surface area contributed by atoms with Crippen LogP contribution >= 0.6 is 0 Å². The van der Waals surface area contributed by atoms with Crippen LogP contribution in [-0.4, -0.2) is 33.4 Å². The smallest absolute Gasteiger partial charge is 0.295 e. The van der Waals surface area contributed by atoms with Crippen molar-refractivity contribution in [1.82, 2.24) is 4.98 Å². The Hall–Kier alpha value is -3.91. The monoisotopic (exact) mass is 461 g/mol. The fraction of sp³-hybridized carbons (Fsp3) is 0.120. The second-order valence-corrected chi connectivity index (χ2v) is 9.46. The normalized spacial score (nSPS) is 11.2. The summed E-state index contributed by atoms with van der Waals surface area (Å²) in [7, 11) is 0.0386. The maximum atomic E-state index is 13.4. The number of amides is 1. The molecule has 0 N–H and O–H groups in total. The van der Waals surface area contributed by atoms with Gasteiger partial charge in [-0.1, -0.05) is 36.4 Å². The van der Waals surface area contributed by atoms with Crippen molar-refractivity contribution in [1.29, 1.82) is 0 Å². The Bertz CT molecular complexity index is 1330. The molecular weight excluding hydrogens is 438 g/mol. The van der Waals surface area contributed by atoms with Crippen LogP contribution in [0.3, 0.4) is 0 Å². The maximum Gasteiger partial charge on any atom is 0.295 e. The Morgan fingerprint density at radius 1 is 0.879 bits per heavy atom. The number of sulfone groups is 1. The van der Waals surface area contributed by atoms with Crippen molar-refractivity contribution in [3.63, 3.8) is 0 Å². The van der Waals surface area contributed by atoms with Crippen LogP contribution in [0.5, 0.6) is 0 Å². The zero-order valence-electron chi connectivity index (χ0n) is 18.3. The van der Waals surface area contributed by atoms with Crippen LogP contribution in [0, 0.1) is 0 Å². The van der Waals surface area contributed by atoms with Gasteiger partial charge in [0.05, 0.1) is 11.4 Å². The van der Waals surface area contributed by atoms with Crippen LogP contribution in [0.2, 0.25) is 0 Å². The van der Waals surface area contributed by atoms with Gasteiger partial charge in [-0.05, 0) is 54.1 Å². The first kappa shape index (κ1) is 22.3. The molecule has 0 spiro atoms. The number of hydrogen-bond donors (Lipinski definition) is 0. The SMILES string of the molecule is CN(C)c1ccc(CN(C(=O)c2ccc(S(=O)(=O)c3ccccc3)o2)c2ccccn2)cc1. The third-order valence-corrected chi connectivity index (χ3v) is 6.72. The average molecular weight is 462 g/mol. The van der Waals surface area contributed by atoms with Gasteiger partial charge in [-0.25, -0.2) is 13.4 Å². The fourth-order valence-electron chi connectivity index (χ4n) is 3.28. The number of carbonyl (C=O) groups excluding carboxylic acids is 1. The number of hydrogen-bond acceptors (Lipinski definition) is 6. The molecule has 0 bridgehead atoms.